The number of benzene rings is 2. The van der Waals surface area contributed by atoms with E-state index in [1.54, 1.807) is 0 Å². The number of amides is 1. The number of nitrogens with zero attached hydrogens (tertiary/aromatic N) is 1. The van der Waals surface area contributed by atoms with Crippen molar-refractivity contribution in [3.8, 4) is 11.1 Å². The average Bonchev–Trinajstić information content (AvgIpc) is 2.76. The zero-order valence-electron chi connectivity index (χ0n) is 15.9. The standard InChI is InChI=1S/C22H17Cl3N2O3/c1-13(14-7-9-16(10-8-14)15-5-3-2-4-6-15)27-18(28)12-30-22(29)21-20(25)19(24)17(23)11-26-21/h2-11,13H,12H2,1H3,(H,27,28). The molecule has 1 aromatic heterocycles. The van der Waals surface area contributed by atoms with Crippen molar-refractivity contribution in [1.82, 2.24) is 10.3 Å². The van der Waals surface area contributed by atoms with Crippen LogP contribution >= 0.6 is 34.8 Å². The van der Waals surface area contributed by atoms with Gasteiger partial charge in [-0.15, -0.1) is 0 Å². The van der Waals surface area contributed by atoms with Crippen molar-refractivity contribution in [2.45, 2.75) is 13.0 Å². The lowest BCUT2D eigenvalue weighted by Gasteiger charge is -2.15. The fourth-order valence-electron chi connectivity index (χ4n) is 2.75. The van der Waals surface area contributed by atoms with Crippen LogP contribution in [-0.2, 0) is 9.53 Å². The van der Waals surface area contributed by atoms with Crippen molar-refractivity contribution in [3.63, 3.8) is 0 Å². The Morgan fingerprint density at radius 1 is 0.967 bits per heavy atom. The van der Waals surface area contributed by atoms with Gasteiger partial charge >= 0.3 is 5.97 Å². The Kier molecular flexibility index (Phi) is 7.32. The van der Waals surface area contributed by atoms with E-state index in [4.69, 9.17) is 39.5 Å². The molecule has 0 saturated heterocycles. The summed E-state index contributed by atoms with van der Waals surface area (Å²) in [5, 5.41) is 2.77. The number of esters is 1. The molecule has 1 amide bonds. The third-order valence-electron chi connectivity index (χ3n) is 4.34. The molecule has 0 aliphatic carbocycles. The fraction of sp³-hybridized carbons (Fsp3) is 0.136. The number of halogens is 3. The van der Waals surface area contributed by atoms with Crippen LogP contribution < -0.4 is 5.32 Å². The van der Waals surface area contributed by atoms with Crippen LogP contribution in [-0.4, -0.2) is 23.5 Å². The molecule has 3 aromatic rings. The molecule has 1 atom stereocenters. The third-order valence-corrected chi connectivity index (χ3v) is 5.58. The number of rotatable bonds is 6. The van der Waals surface area contributed by atoms with Gasteiger partial charge in [0, 0.05) is 6.20 Å². The predicted octanol–water partition coefficient (Wildman–Crippen LogP) is 5.74. The summed E-state index contributed by atoms with van der Waals surface area (Å²) in [4.78, 5) is 28.1. The molecule has 2 aromatic carbocycles. The predicted molar refractivity (Wildman–Crippen MR) is 118 cm³/mol. The molecule has 0 aliphatic heterocycles. The van der Waals surface area contributed by atoms with Crippen LogP contribution in [0.5, 0.6) is 0 Å². The van der Waals surface area contributed by atoms with Crippen LogP contribution in [0.1, 0.15) is 29.0 Å². The van der Waals surface area contributed by atoms with Gasteiger partial charge in [-0.1, -0.05) is 89.4 Å². The summed E-state index contributed by atoms with van der Waals surface area (Å²) in [6.07, 6.45) is 1.19. The highest BCUT2D eigenvalue weighted by atomic mass is 35.5. The second kappa shape index (κ2) is 9.94. The second-order valence-electron chi connectivity index (χ2n) is 6.44. The minimum Gasteiger partial charge on any atom is -0.451 e. The van der Waals surface area contributed by atoms with Crippen LogP contribution in [0.2, 0.25) is 15.1 Å². The maximum atomic E-state index is 12.2. The average molecular weight is 464 g/mol. The molecule has 0 fully saturated rings. The molecular formula is C22H17Cl3N2O3. The molecule has 1 N–H and O–H groups in total. The quantitative estimate of drug-likeness (QED) is 0.473. The van der Waals surface area contributed by atoms with Gasteiger partial charge in [0.05, 0.1) is 21.1 Å². The molecule has 5 nitrogen and oxygen atoms in total. The number of ether oxygens (including phenoxy) is 1. The van der Waals surface area contributed by atoms with E-state index in [0.29, 0.717) is 0 Å². The summed E-state index contributed by atoms with van der Waals surface area (Å²) in [5.74, 6) is -1.33. The Morgan fingerprint density at radius 3 is 2.27 bits per heavy atom. The molecule has 0 aliphatic rings. The highest BCUT2D eigenvalue weighted by molar-refractivity contribution is 6.48. The van der Waals surface area contributed by atoms with Crippen molar-refractivity contribution in [3.05, 3.63) is 87.1 Å². The molecule has 0 saturated carbocycles. The largest absolute Gasteiger partial charge is 0.451 e. The van der Waals surface area contributed by atoms with E-state index >= 15 is 0 Å². The third kappa shape index (κ3) is 5.30. The lowest BCUT2D eigenvalue weighted by atomic mass is 10.0. The summed E-state index contributed by atoms with van der Waals surface area (Å²) < 4.78 is 4.98. The highest BCUT2D eigenvalue weighted by Crippen LogP contribution is 2.31. The number of carbonyl (C=O) groups excluding carboxylic acids is 2. The molecule has 154 valence electrons. The van der Waals surface area contributed by atoms with Gasteiger partial charge in [0.2, 0.25) is 0 Å². The summed E-state index contributed by atoms with van der Waals surface area (Å²) >= 11 is 17.6. The van der Waals surface area contributed by atoms with E-state index < -0.39 is 18.5 Å². The Morgan fingerprint density at radius 2 is 1.60 bits per heavy atom. The Balaban J connectivity index is 1.56. The molecular weight excluding hydrogens is 447 g/mol. The first-order chi connectivity index (χ1) is 14.4. The van der Waals surface area contributed by atoms with Crippen LogP contribution in [0.15, 0.2) is 60.8 Å². The van der Waals surface area contributed by atoms with Crippen molar-refractivity contribution in [2.75, 3.05) is 6.61 Å². The Bertz CT molecular complexity index is 1060. The molecule has 30 heavy (non-hydrogen) atoms. The van der Waals surface area contributed by atoms with Gasteiger partial charge in [0.1, 0.15) is 0 Å². The minimum absolute atomic E-state index is 0.00249. The van der Waals surface area contributed by atoms with E-state index in [0.717, 1.165) is 16.7 Å². The van der Waals surface area contributed by atoms with Crippen molar-refractivity contribution >= 4 is 46.7 Å². The Labute approximate surface area is 188 Å². The zero-order valence-corrected chi connectivity index (χ0v) is 18.1. The maximum absolute atomic E-state index is 12.2. The van der Waals surface area contributed by atoms with Gasteiger partial charge in [-0.2, -0.15) is 0 Å². The first-order valence-electron chi connectivity index (χ1n) is 8.98. The van der Waals surface area contributed by atoms with E-state index in [1.165, 1.54) is 6.20 Å². The summed E-state index contributed by atoms with van der Waals surface area (Å²) in [6, 6.07) is 17.6. The summed E-state index contributed by atoms with van der Waals surface area (Å²) in [6.45, 7) is 1.36. The van der Waals surface area contributed by atoms with Gasteiger partial charge < -0.3 is 10.1 Å². The van der Waals surface area contributed by atoms with E-state index in [2.05, 4.69) is 10.3 Å². The van der Waals surface area contributed by atoms with E-state index in [9.17, 15) is 9.59 Å². The molecule has 3 rings (SSSR count). The van der Waals surface area contributed by atoms with E-state index in [-0.39, 0.29) is 26.8 Å². The van der Waals surface area contributed by atoms with Crippen molar-refractivity contribution in [1.29, 1.82) is 0 Å². The molecule has 0 bridgehead atoms. The lowest BCUT2D eigenvalue weighted by molar-refractivity contribution is -0.124. The smallest absolute Gasteiger partial charge is 0.359 e. The van der Waals surface area contributed by atoms with E-state index in [1.807, 2.05) is 61.5 Å². The number of pyridine rings is 1. The van der Waals surface area contributed by atoms with Crippen molar-refractivity contribution in [2.24, 2.45) is 0 Å². The number of nitrogens with one attached hydrogen (secondary N) is 1. The van der Waals surface area contributed by atoms with Crippen LogP contribution in [0.4, 0.5) is 0 Å². The maximum Gasteiger partial charge on any atom is 0.359 e. The molecule has 8 heteroatoms. The van der Waals surface area contributed by atoms with Gasteiger partial charge in [0.25, 0.3) is 5.91 Å². The number of aromatic nitrogens is 1. The highest BCUT2D eigenvalue weighted by Gasteiger charge is 2.20. The first-order valence-corrected chi connectivity index (χ1v) is 10.1. The number of carbonyl (C=O) groups is 2. The first kappa shape index (κ1) is 22.1. The van der Waals surface area contributed by atoms with Gasteiger partial charge in [-0.05, 0) is 23.6 Å². The number of hydrogen-bond donors (Lipinski definition) is 1. The molecule has 1 heterocycles. The molecule has 1 unspecified atom stereocenters. The van der Waals surface area contributed by atoms with Gasteiger partial charge in [0.15, 0.2) is 12.3 Å². The molecule has 0 spiro atoms. The monoisotopic (exact) mass is 462 g/mol. The summed E-state index contributed by atoms with van der Waals surface area (Å²) in [5.41, 5.74) is 2.91. The topological polar surface area (TPSA) is 68.3 Å². The van der Waals surface area contributed by atoms with Crippen LogP contribution in [0.25, 0.3) is 11.1 Å². The van der Waals surface area contributed by atoms with Gasteiger partial charge in [-0.3, -0.25) is 4.79 Å². The van der Waals surface area contributed by atoms with Crippen LogP contribution in [0, 0.1) is 0 Å². The lowest BCUT2D eigenvalue weighted by Crippen LogP contribution is -2.31. The van der Waals surface area contributed by atoms with Crippen molar-refractivity contribution < 1.29 is 14.3 Å². The summed E-state index contributed by atoms with van der Waals surface area (Å²) in [7, 11) is 0. The van der Waals surface area contributed by atoms with Crippen LogP contribution in [0.3, 0.4) is 0 Å². The van der Waals surface area contributed by atoms with Gasteiger partial charge in [-0.25, -0.2) is 9.78 Å². The number of hydrogen-bond acceptors (Lipinski definition) is 4. The molecule has 0 radical (unpaired) electrons. The Hall–Kier alpha value is -2.60. The zero-order chi connectivity index (χ0) is 21.7. The normalized spacial score (nSPS) is 11.6. The fourth-order valence-corrected chi connectivity index (χ4v) is 3.30. The SMILES string of the molecule is CC(NC(=O)COC(=O)c1ncc(Cl)c(Cl)c1Cl)c1ccc(-c2ccccc2)cc1. The minimum atomic E-state index is -0.867. The second-order valence-corrected chi connectivity index (χ2v) is 7.60.